The molecular weight excluding hydrogens is 290 g/mol. The highest BCUT2D eigenvalue weighted by Gasteiger charge is 2.21. The largest absolute Gasteiger partial charge is 0.508 e. The molecule has 0 aliphatic carbocycles. The second-order valence-electron chi connectivity index (χ2n) is 5.53. The number of aliphatic imine (C=N–C) groups is 1. The minimum Gasteiger partial charge on any atom is -0.508 e. The highest BCUT2D eigenvalue weighted by atomic mass is 16.3. The molecule has 1 aliphatic rings. The molecule has 1 amide bonds. The van der Waals surface area contributed by atoms with Crippen molar-refractivity contribution >= 4 is 17.4 Å². The highest BCUT2D eigenvalue weighted by Crippen LogP contribution is 2.20. The predicted octanol–water partition coefficient (Wildman–Crippen LogP) is 2.35. The molecule has 3 rings (SSSR count). The molecule has 5 nitrogen and oxygen atoms in total. The van der Waals surface area contributed by atoms with E-state index in [1.807, 2.05) is 31.2 Å². The maximum Gasteiger partial charge on any atom is 0.258 e. The predicted molar refractivity (Wildman–Crippen MR) is 91.3 cm³/mol. The maximum absolute atomic E-state index is 12.9. The summed E-state index contributed by atoms with van der Waals surface area (Å²) in [4.78, 5) is 18.9. The van der Waals surface area contributed by atoms with Crippen LogP contribution in [0.25, 0.3) is 0 Å². The van der Waals surface area contributed by atoms with Crippen LogP contribution in [0.4, 0.5) is 5.69 Å². The van der Waals surface area contributed by atoms with Crippen molar-refractivity contribution in [2.24, 2.45) is 4.99 Å². The smallest absolute Gasteiger partial charge is 0.258 e. The summed E-state index contributed by atoms with van der Waals surface area (Å²) in [7, 11) is 0. The molecule has 2 aromatic rings. The first kappa shape index (κ1) is 15.1. The van der Waals surface area contributed by atoms with E-state index in [0.717, 1.165) is 30.2 Å². The molecule has 0 atom stereocenters. The second kappa shape index (κ2) is 6.52. The fourth-order valence-corrected chi connectivity index (χ4v) is 2.50. The van der Waals surface area contributed by atoms with E-state index in [0.29, 0.717) is 12.1 Å². The van der Waals surface area contributed by atoms with Gasteiger partial charge in [-0.3, -0.25) is 9.79 Å². The van der Waals surface area contributed by atoms with Crippen molar-refractivity contribution in [2.75, 3.05) is 24.5 Å². The fraction of sp³-hybridized carbons (Fsp3) is 0.222. The first-order chi connectivity index (χ1) is 11.1. The zero-order valence-electron chi connectivity index (χ0n) is 13.0. The number of rotatable bonds is 4. The monoisotopic (exact) mass is 309 g/mol. The van der Waals surface area contributed by atoms with E-state index in [-0.39, 0.29) is 11.7 Å². The summed E-state index contributed by atoms with van der Waals surface area (Å²) in [5.41, 5.74) is 2.39. The van der Waals surface area contributed by atoms with Gasteiger partial charge in [-0.2, -0.15) is 0 Å². The lowest BCUT2D eigenvalue weighted by atomic mass is 10.1. The molecule has 1 aliphatic heterocycles. The fourth-order valence-electron chi connectivity index (χ4n) is 2.50. The zero-order chi connectivity index (χ0) is 16.2. The van der Waals surface area contributed by atoms with Crippen molar-refractivity contribution in [3.63, 3.8) is 0 Å². The summed E-state index contributed by atoms with van der Waals surface area (Å²) < 4.78 is 0. The number of aromatic hydroxyl groups is 1. The number of phenolic OH excluding ortho intramolecular Hbond substituents is 1. The van der Waals surface area contributed by atoms with Gasteiger partial charge in [0.1, 0.15) is 11.6 Å². The number of carbonyl (C=O) groups excluding carboxylic acids is 1. The Hall–Kier alpha value is -2.82. The molecule has 118 valence electrons. The molecule has 0 saturated heterocycles. The zero-order valence-corrected chi connectivity index (χ0v) is 13.0. The Labute approximate surface area is 135 Å². The maximum atomic E-state index is 12.9. The van der Waals surface area contributed by atoms with Gasteiger partial charge in [-0.25, -0.2) is 0 Å². The average Bonchev–Trinajstić information content (AvgIpc) is 3.06. The van der Waals surface area contributed by atoms with E-state index in [9.17, 15) is 9.90 Å². The number of hydrogen-bond acceptors (Lipinski definition) is 4. The van der Waals surface area contributed by atoms with Crippen molar-refractivity contribution in [3.05, 3.63) is 59.7 Å². The SMILES string of the molecule is Cc1ccc(N(CC2=NCCN2)C(=O)c2cccc(O)c2)cc1. The quantitative estimate of drug-likeness (QED) is 0.911. The summed E-state index contributed by atoms with van der Waals surface area (Å²) in [5, 5.41) is 12.8. The lowest BCUT2D eigenvalue weighted by molar-refractivity contribution is 0.0990. The van der Waals surface area contributed by atoms with E-state index in [1.165, 1.54) is 6.07 Å². The van der Waals surface area contributed by atoms with Gasteiger partial charge in [-0.1, -0.05) is 23.8 Å². The number of amides is 1. The first-order valence-corrected chi connectivity index (χ1v) is 7.58. The number of carbonyl (C=O) groups is 1. The summed E-state index contributed by atoms with van der Waals surface area (Å²) in [6, 6.07) is 14.2. The van der Waals surface area contributed by atoms with Crippen LogP contribution in [0.1, 0.15) is 15.9 Å². The Balaban J connectivity index is 1.93. The highest BCUT2D eigenvalue weighted by molar-refractivity contribution is 6.09. The van der Waals surface area contributed by atoms with Crippen LogP contribution in [0.15, 0.2) is 53.5 Å². The van der Waals surface area contributed by atoms with E-state index < -0.39 is 0 Å². The lowest BCUT2D eigenvalue weighted by Crippen LogP contribution is -2.39. The van der Waals surface area contributed by atoms with E-state index in [1.54, 1.807) is 23.1 Å². The number of nitrogens with zero attached hydrogens (tertiary/aromatic N) is 2. The molecular formula is C18H19N3O2. The topological polar surface area (TPSA) is 64.9 Å². The minimum atomic E-state index is -0.166. The number of phenols is 1. The van der Waals surface area contributed by atoms with Crippen molar-refractivity contribution in [1.82, 2.24) is 5.32 Å². The number of anilines is 1. The molecule has 0 aromatic heterocycles. The first-order valence-electron chi connectivity index (χ1n) is 7.58. The van der Waals surface area contributed by atoms with E-state index in [2.05, 4.69) is 10.3 Å². The van der Waals surface area contributed by atoms with Gasteiger partial charge in [-0.05, 0) is 37.3 Å². The van der Waals surface area contributed by atoms with Gasteiger partial charge in [0.15, 0.2) is 0 Å². The van der Waals surface area contributed by atoms with Crippen molar-refractivity contribution < 1.29 is 9.90 Å². The summed E-state index contributed by atoms with van der Waals surface area (Å²) in [5.74, 6) is 0.719. The Kier molecular flexibility index (Phi) is 4.28. The molecule has 0 fully saturated rings. The van der Waals surface area contributed by atoms with Crippen LogP contribution in [-0.2, 0) is 0 Å². The van der Waals surface area contributed by atoms with Crippen LogP contribution in [0.2, 0.25) is 0 Å². The Morgan fingerprint density at radius 3 is 2.70 bits per heavy atom. The number of hydrogen-bond donors (Lipinski definition) is 2. The van der Waals surface area contributed by atoms with Crippen LogP contribution in [-0.4, -0.2) is 36.5 Å². The Morgan fingerprint density at radius 1 is 1.26 bits per heavy atom. The normalized spacial score (nSPS) is 13.3. The number of benzene rings is 2. The van der Waals surface area contributed by atoms with Gasteiger partial charge in [0, 0.05) is 17.8 Å². The third-order valence-electron chi connectivity index (χ3n) is 3.74. The van der Waals surface area contributed by atoms with Crippen molar-refractivity contribution in [3.8, 4) is 5.75 Å². The third kappa shape index (κ3) is 3.51. The third-order valence-corrected chi connectivity index (χ3v) is 3.74. The summed E-state index contributed by atoms with van der Waals surface area (Å²) in [6.07, 6.45) is 0. The van der Waals surface area contributed by atoms with Crippen LogP contribution < -0.4 is 10.2 Å². The Morgan fingerprint density at radius 2 is 2.04 bits per heavy atom. The van der Waals surface area contributed by atoms with Crippen LogP contribution in [0.5, 0.6) is 5.75 Å². The van der Waals surface area contributed by atoms with E-state index in [4.69, 9.17) is 0 Å². The van der Waals surface area contributed by atoms with Crippen molar-refractivity contribution in [2.45, 2.75) is 6.92 Å². The van der Waals surface area contributed by atoms with Gasteiger partial charge in [0.2, 0.25) is 0 Å². The molecule has 1 heterocycles. The summed E-state index contributed by atoms with van der Waals surface area (Å²) in [6.45, 7) is 3.93. The lowest BCUT2D eigenvalue weighted by Gasteiger charge is -2.23. The van der Waals surface area contributed by atoms with Crippen molar-refractivity contribution in [1.29, 1.82) is 0 Å². The van der Waals surface area contributed by atoms with Crippen LogP contribution >= 0.6 is 0 Å². The second-order valence-corrected chi connectivity index (χ2v) is 5.53. The van der Waals surface area contributed by atoms with Gasteiger partial charge >= 0.3 is 0 Å². The average molecular weight is 309 g/mol. The molecule has 0 saturated carbocycles. The minimum absolute atomic E-state index is 0.0797. The van der Waals surface area contributed by atoms with E-state index >= 15 is 0 Å². The standard InChI is InChI=1S/C18H19N3O2/c1-13-5-7-15(8-6-13)21(12-17-19-9-10-20-17)18(23)14-3-2-4-16(22)11-14/h2-8,11,22H,9-10,12H2,1H3,(H,19,20). The molecule has 23 heavy (non-hydrogen) atoms. The molecule has 2 N–H and O–H groups in total. The molecule has 0 radical (unpaired) electrons. The molecule has 5 heteroatoms. The number of aryl methyl sites for hydroxylation is 1. The molecule has 0 bridgehead atoms. The van der Waals surface area contributed by atoms with Gasteiger partial charge in [-0.15, -0.1) is 0 Å². The van der Waals surface area contributed by atoms with Gasteiger partial charge in [0.05, 0.1) is 13.1 Å². The summed E-state index contributed by atoms with van der Waals surface area (Å²) >= 11 is 0. The van der Waals surface area contributed by atoms with Gasteiger partial charge < -0.3 is 15.3 Å². The number of nitrogens with one attached hydrogen (secondary N) is 1. The molecule has 0 unspecified atom stereocenters. The number of amidine groups is 1. The molecule has 0 spiro atoms. The Bertz CT molecular complexity index is 738. The van der Waals surface area contributed by atoms with Crippen LogP contribution in [0, 0.1) is 6.92 Å². The van der Waals surface area contributed by atoms with Gasteiger partial charge in [0.25, 0.3) is 5.91 Å². The molecule has 2 aromatic carbocycles. The van der Waals surface area contributed by atoms with Crippen LogP contribution in [0.3, 0.4) is 0 Å².